The predicted octanol–water partition coefficient (Wildman–Crippen LogP) is 3.59. The summed E-state index contributed by atoms with van der Waals surface area (Å²) in [6, 6.07) is 0. The fraction of sp³-hybridized carbons (Fsp3) is 0.955. The van der Waals surface area contributed by atoms with Gasteiger partial charge in [-0.1, -0.05) is 6.92 Å². The van der Waals surface area contributed by atoms with Crippen molar-refractivity contribution in [1.29, 1.82) is 0 Å². The number of morpholine rings is 1. The summed E-state index contributed by atoms with van der Waals surface area (Å²) in [7, 11) is 0. The first-order chi connectivity index (χ1) is 13.0. The second-order valence-corrected chi connectivity index (χ2v) is 9.40. The SMILES string of the molecule is CC1CN(CCC2CCN(C(=O)CC(C)C3CCNCC3)CC2)CC(C)O1.Cl.Cl. The van der Waals surface area contributed by atoms with Gasteiger partial charge in [0.25, 0.3) is 0 Å². The molecule has 3 atom stereocenters. The molecule has 0 aliphatic carbocycles. The maximum atomic E-state index is 12.7. The van der Waals surface area contributed by atoms with Gasteiger partial charge in [-0.05, 0) is 83.3 Å². The van der Waals surface area contributed by atoms with E-state index in [2.05, 4.69) is 35.9 Å². The van der Waals surface area contributed by atoms with Crippen LogP contribution in [0.3, 0.4) is 0 Å². The summed E-state index contributed by atoms with van der Waals surface area (Å²) in [5.41, 5.74) is 0. The van der Waals surface area contributed by atoms with Gasteiger partial charge in [0, 0.05) is 32.6 Å². The quantitative estimate of drug-likeness (QED) is 0.669. The number of carbonyl (C=O) groups is 1. The molecule has 3 aliphatic heterocycles. The molecule has 3 unspecified atom stereocenters. The van der Waals surface area contributed by atoms with Crippen LogP contribution in [0.4, 0.5) is 0 Å². The van der Waals surface area contributed by atoms with Crippen LogP contribution in [-0.4, -0.2) is 73.7 Å². The molecule has 7 heteroatoms. The van der Waals surface area contributed by atoms with Crippen LogP contribution in [0.25, 0.3) is 0 Å². The summed E-state index contributed by atoms with van der Waals surface area (Å²) in [6.07, 6.45) is 7.56. The van der Waals surface area contributed by atoms with E-state index in [1.54, 1.807) is 0 Å². The molecule has 0 aromatic heterocycles. The molecule has 29 heavy (non-hydrogen) atoms. The summed E-state index contributed by atoms with van der Waals surface area (Å²) >= 11 is 0. The molecule has 3 rings (SSSR count). The van der Waals surface area contributed by atoms with Crippen LogP contribution in [0.15, 0.2) is 0 Å². The van der Waals surface area contributed by atoms with Crippen LogP contribution in [0.1, 0.15) is 59.3 Å². The Hall–Kier alpha value is -0.0700. The molecule has 172 valence electrons. The minimum atomic E-state index is 0. The number of nitrogens with zero attached hydrogens (tertiary/aromatic N) is 2. The zero-order valence-corrected chi connectivity index (χ0v) is 20.2. The van der Waals surface area contributed by atoms with Gasteiger partial charge in [-0.3, -0.25) is 9.69 Å². The van der Waals surface area contributed by atoms with Gasteiger partial charge >= 0.3 is 0 Å². The highest BCUT2D eigenvalue weighted by Gasteiger charge is 2.28. The number of amides is 1. The van der Waals surface area contributed by atoms with E-state index in [0.717, 1.165) is 57.5 Å². The maximum absolute atomic E-state index is 12.7. The van der Waals surface area contributed by atoms with Gasteiger partial charge in [0.1, 0.15) is 0 Å². The van der Waals surface area contributed by atoms with Crippen molar-refractivity contribution in [2.24, 2.45) is 17.8 Å². The largest absolute Gasteiger partial charge is 0.373 e. The number of likely N-dealkylation sites (tertiary alicyclic amines) is 1. The van der Waals surface area contributed by atoms with Gasteiger partial charge < -0.3 is 15.0 Å². The molecule has 1 amide bonds. The Labute approximate surface area is 190 Å². The van der Waals surface area contributed by atoms with Crippen LogP contribution in [0.5, 0.6) is 0 Å². The Balaban J connectivity index is 0.00000210. The lowest BCUT2D eigenvalue weighted by molar-refractivity contribution is -0.134. The molecule has 3 aliphatic rings. The van der Waals surface area contributed by atoms with Crippen molar-refractivity contribution in [3.63, 3.8) is 0 Å². The first kappa shape index (κ1) is 27.0. The smallest absolute Gasteiger partial charge is 0.222 e. The Morgan fingerprint density at radius 1 is 1.03 bits per heavy atom. The second-order valence-electron chi connectivity index (χ2n) is 9.40. The lowest BCUT2D eigenvalue weighted by Gasteiger charge is -2.37. The summed E-state index contributed by atoms with van der Waals surface area (Å²) in [4.78, 5) is 17.4. The fourth-order valence-electron chi connectivity index (χ4n) is 5.29. The topological polar surface area (TPSA) is 44.8 Å². The number of nitrogens with one attached hydrogen (secondary N) is 1. The average molecular weight is 453 g/mol. The fourth-order valence-corrected chi connectivity index (χ4v) is 5.29. The van der Waals surface area contributed by atoms with Crippen molar-refractivity contribution < 1.29 is 9.53 Å². The van der Waals surface area contributed by atoms with E-state index in [1.807, 2.05) is 0 Å². The standard InChI is InChI=1S/C22H41N3O2.2ClH/c1-17(21-4-9-23-10-5-21)14-22(26)25-12-7-20(8-13-25)6-11-24-15-18(2)27-19(3)16-24;;/h17-21,23H,4-16H2,1-3H3;2*1H. The normalized spacial score (nSPS) is 28.3. The first-order valence-corrected chi connectivity index (χ1v) is 11.4. The maximum Gasteiger partial charge on any atom is 0.222 e. The van der Waals surface area contributed by atoms with Crippen molar-refractivity contribution in [1.82, 2.24) is 15.1 Å². The minimum Gasteiger partial charge on any atom is -0.373 e. The number of rotatable bonds is 6. The van der Waals surface area contributed by atoms with E-state index in [9.17, 15) is 4.79 Å². The van der Waals surface area contributed by atoms with Crippen molar-refractivity contribution in [2.45, 2.75) is 71.5 Å². The van der Waals surface area contributed by atoms with Gasteiger partial charge in [0.05, 0.1) is 12.2 Å². The van der Waals surface area contributed by atoms with E-state index < -0.39 is 0 Å². The lowest BCUT2D eigenvalue weighted by atomic mass is 9.83. The van der Waals surface area contributed by atoms with Gasteiger partial charge in [-0.2, -0.15) is 0 Å². The zero-order chi connectivity index (χ0) is 19.2. The molecule has 3 saturated heterocycles. The van der Waals surface area contributed by atoms with Gasteiger partial charge in [-0.15, -0.1) is 24.8 Å². The van der Waals surface area contributed by atoms with Crippen LogP contribution in [0, 0.1) is 17.8 Å². The molecule has 1 N–H and O–H groups in total. The molecule has 0 radical (unpaired) electrons. The molecule has 0 saturated carbocycles. The Morgan fingerprint density at radius 2 is 1.62 bits per heavy atom. The monoisotopic (exact) mass is 451 g/mol. The Morgan fingerprint density at radius 3 is 2.21 bits per heavy atom. The van der Waals surface area contributed by atoms with Crippen LogP contribution in [0.2, 0.25) is 0 Å². The summed E-state index contributed by atoms with van der Waals surface area (Å²) in [5, 5.41) is 3.43. The van der Waals surface area contributed by atoms with Crippen molar-refractivity contribution in [3.8, 4) is 0 Å². The molecule has 3 heterocycles. The summed E-state index contributed by atoms with van der Waals surface area (Å²) in [5.74, 6) is 2.44. The van der Waals surface area contributed by atoms with E-state index in [-0.39, 0.29) is 24.8 Å². The van der Waals surface area contributed by atoms with Gasteiger partial charge in [0.2, 0.25) is 5.91 Å². The summed E-state index contributed by atoms with van der Waals surface area (Å²) in [6.45, 7) is 14.1. The number of carbonyl (C=O) groups excluding carboxylic acids is 1. The van der Waals surface area contributed by atoms with Crippen LogP contribution in [-0.2, 0) is 9.53 Å². The van der Waals surface area contributed by atoms with E-state index >= 15 is 0 Å². The third-order valence-electron chi connectivity index (χ3n) is 7.00. The second kappa shape index (κ2) is 13.4. The lowest BCUT2D eigenvalue weighted by Crippen LogP contribution is -2.46. The van der Waals surface area contributed by atoms with Crippen molar-refractivity contribution >= 4 is 30.7 Å². The molecule has 3 fully saturated rings. The van der Waals surface area contributed by atoms with Crippen LogP contribution >= 0.6 is 24.8 Å². The summed E-state index contributed by atoms with van der Waals surface area (Å²) < 4.78 is 5.83. The zero-order valence-electron chi connectivity index (χ0n) is 18.6. The average Bonchev–Trinajstić information content (AvgIpc) is 2.66. The molecule has 0 aromatic rings. The number of hydrogen-bond acceptors (Lipinski definition) is 4. The molecule has 0 aromatic carbocycles. The Bertz CT molecular complexity index is 459. The molecule has 0 bridgehead atoms. The number of piperidine rings is 2. The third-order valence-corrected chi connectivity index (χ3v) is 7.00. The van der Waals surface area contributed by atoms with E-state index in [4.69, 9.17) is 4.74 Å². The van der Waals surface area contributed by atoms with E-state index in [1.165, 1.54) is 38.6 Å². The Kier molecular flexibility index (Phi) is 12.4. The molecular weight excluding hydrogens is 409 g/mol. The molecule has 0 spiro atoms. The first-order valence-electron chi connectivity index (χ1n) is 11.4. The minimum absolute atomic E-state index is 0. The van der Waals surface area contributed by atoms with Crippen LogP contribution < -0.4 is 5.32 Å². The third kappa shape index (κ3) is 8.53. The van der Waals surface area contributed by atoms with Crippen molar-refractivity contribution in [3.05, 3.63) is 0 Å². The number of ether oxygens (including phenoxy) is 1. The highest BCUT2D eigenvalue weighted by atomic mass is 35.5. The van der Waals surface area contributed by atoms with E-state index in [0.29, 0.717) is 24.0 Å². The highest BCUT2D eigenvalue weighted by molar-refractivity contribution is 5.85. The molecular formula is C22H43Cl2N3O2. The molecule has 5 nitrogen and oxygen atoms in total. The van der Waals surface area contributed by atoms with Gasteiger partial charge in [0.15, 0.2) is 0 Å². The highest BCUT2D eigenvalue weighted by Crippen LogP contribution is 2.27. The van der Waals surface area contributed by atoms with Crippen molar-refractivity contribution in [2.75, 3.05) is 45.8 Å². The number of halogens is 2. The number of hydrogen-bond donors (Lipinski definition) is 1. The van der Waals surface area contributed by atoms with Gasteiger partial charge in [-0.25, -0.2) is 0 Å². The predicted molar refractivity (Wildman–Crippen MR) is 124 cm³/mol.